The Bertz CT molecular complexity index is 376. The predicted molar refractivity (Wildman–Crippen MR) is 69.4 cm³/mol. The van der Waals surface area contributed by atoms with Crippen LogP contribution in [0.3, 0.4) is 0 Å². The molecule has 92 valence electrons. The molecule has 1 aromatic rings. The second kappa shape index (κ2) is 5.86. The zero-order valence-corrected chi connectivity index (χ0v) is 10.6. The fourth-order valence-corrected chi connectivity index (χ4v) is 2.78. The molecule has 6 heteroatoms. The van der Waals surface area contributed by atoms with Crippen molar-refractivity contribution < 1.29 is 4.79 Å². The second-order valence-electron chi connectivity index (χ2n) is 3.90. The van der Waals surface area contributed by atoms with Crippen molar-refractivity contribution in [2.45, 2.75) is 18.9 Å². The van der Waals surface area contributed by atoms with Crippen molar-refractivity contribution in [3.05, 3.63) is 18.1 Å². The van der Waals surface area contributed by atoms with E-state index in [1.807, 2.05) is 11.8 Å². The smallest absolute Gasteiger partial charge is 0.271 e. The van der Waals surface area contributed by atoms with E-state index in [1.54, 1.807) is 13.2 Å². The minimum atomic E-state index is -0.128. The van der Waals surface area contributed by atoms with Crippen molar-refractivity contribution in [2.75, 3.05) is 23.9 Å². The first-order valence-electron chi connectivity index (χ1n) is 5.68. The molecule has 0 saturated carbocycles. The van der Waals surface area contributed by atoms with Gasteiger partial charge in [0, 0.05) is 13.1 Å². The lowest BCUT2D eigenvalue weighted by Gasteiger charge is -2.22. The zero-order chi connectivity index (χ0) is 12.1. The van der Waals surface area contributed by atoms with Crippen molar-refractivity contribution in [2.24, 2.45) is 0 Å². The number of aromatic nitrogens is 2. The topological polar surface area (TPSA) is 66.9 Å². The summed E-state index contributed by atoms with van der Waals surface area (Å²) in [4.78, 5) is 20.0. The third kappa shape index (κ3) is 3.33. The SMILES string of the molecule is CNc1cnc(C(=O)NC2CCSCC2)cn1. The number of nitrogens with one attached hydrogen (secondary N) is 2. The van der Waals surface area contributed by atoms with Crippen molar-refractivity contribution in [1.82, 2.24) is 15.3 Å². The summed E-state index contributed by atoms with van der Waals surface area (Å²) in [5.74, 6) is 2.78. The molecule has 2 rings (SSSR count). The Morgan fingerprint density at radius 2 is 2.12 bits per heavy atom. The summed E-state index contributed by atoms with van der Waals surface area (Å²) in [6.45, 7) is 0. The van der Waals surface area contributed by atoms with Crippen LogP contribution in [0.25, 0.3) is 0 Å². The molecule has 1 saturated heterocycles. The van der Waals surface area contributed by atoms with Gasteiger partial charge in [-0.25, -0.2) is 9.97 Å². The van der Waals surface area contributed by atoms with Crippen molar-refractivity contribution >= 4 is 23.5 Å². The van der Waals surface area contributed by atoms with E-state index in [4.69, 9.17) is 0 Å². The highest BCUT2D eigenvalue weighted by atomic mass is 32.2. The summed E-state index contributed by atoms with van der Waals surface area (Å²) >= 11 is 1.94. The fourth-order valence-electron chi connectivity index (χ4n) is 1.68. The lowest BCUT2D eigenvalue weighted by atomic mass is 10.1. The van der Waals surface area contributed by atoms with Gasteiger partial charge in [-0.1, -0.05) is 0 Å². The van der Waals surface area contributed by atoms with Crippen LogP contribution >= 0.6 is 11.8 Å². The van der Waals surface area contributed by atoms with Crippen LogP contribution in [0.15, 0.2) is 12.4 Å². The number of amides is 1. The molecule has 0 atom stereocenters. The molecule has 0 bridgehead atoms. The van der Waals surface area contributed by atoms with Gasteiger partial charge in [-0.2, -0.15) is 11.8 Å². The van der Waals surface area contributed by atoms with Crippen molar-refractivity contribution in [3.8, 4) is 0 Å². The van der Waals surface area contributed by atoms with Gasteiger partial charge in [-0.05, 0) is 24.3 Å². The Balaban J connectivity index is 1.93. The number of nitrogens with zero attached hydrogens (tertiary/aromatic N) is 2. The van der Waals surface area contributed by atoms with E-state index in [0.717, 1.165) is 24.3 Å². The fraction of sp³-hybridized carbons (Fsp3) is 0.545. The molecule has 1 fully saturated rings. The van der Waals surface area contributed by atoms with Gasteiger partial charge in [0.25, 0.3) is 5.91 Å². The van der Waals surface area contributed by atoms with Crippen LogP contribution in [0.1, 0.15) is 23.3 Å². The molecule has 2 N–H and O–H groups in total. The first-order chi connectivity index (χ1) is 8.29. The molecule has 0 aromatic carbocycles. The van der Waals surface area contributed by atoms with Crippen LogP contribution in [0.4, 0.5) is 5.82 Å². The first-order valence-corrected chi connectivity index (χ1v) is 6.83. The molecule has 1 aliphatic heterocycles. The van der Waals surface area contributed by atoms with Crippen LogP contribution in [-0.2, 0) is 0 Å². The molecular weight excluding hydrogens is 236 g/mol. The molecule has 0 radical (unpaired) electrons. The van der Waals surface area contributed by atoms with Gasteiger partial charge in [0.15, 0.2) is 0 Å². The quantitative estimate of drug-likeness (QED) is 0.844. The number of thioether (sulfide) groups is 1. The lowest BCUT2D eigenvalue weighted by Crippen LogP contribution is -2.37. The average Bonchev–Trinajstić information content (AvgIpc) is 2.40. The van der Waals surface area contributed by atoms with Crippen molar-refractivity contribution in [1.29, 1.82) is 0 Å². The van der Waals surface area contributed by atoms with Crippen LogP contribution in [0, 0.1) is 0 Å². The third-order valence-corrected chi connectivity index (χ3v) is 3.75. The van der Waals surface area contributed by atoms with E-state index in [9.17, 15) is 4.79 Å². The molecule has 2 heterocycles. The minimum Gasteiger partial charge on any atom is -0.372 e. The monoisotopic (exact) mass is 252 g/mol. The maximum Gasteiger partial charge on any atom is 0.271 e. The van der Waals surface area contributed by atoms with E-state index in [-0.39, 0.29) is 11.9 Å². The largest absolute Gasteiger partial charge is 0.372 e. The van der Waals surface area contributed by atoms with E-state index in [0.29, 0.717) is 11.5 Å². The maximum atomic E-state index is 11.9. The third-order valence-electron chi connectivity index (χ3n) is 2.70. The Morgan fingerprint density at radius 3 is 2.71 bits per heavy atom. The predicted octanol–water partition coefficient (Wildman–Crippen LogP) is 1.14. The van der Waals surface area contributed by atoms with Gasteiger partial charge in [0.05, 0.1) is 12.4 Å². The Kier molecular flexibility index (Phi) is 4.19. The molecule has 17 heavy (non-hydrogen) atoms. The average molecular weight is 252 g/mol. The Hall–Kier alpha value is -1.30. The number of carbonyl (C=O) groups excluding carboxylic acids is 1. The molecule has 0 unspecified atom stereocenters. The summed E-state index contributed by atoms with van der Waals surface area (Å²) in [5, 5.41) is 5.86. The van der Waals surface area contributed by atoms with Gasteiger partial charge in [0.2, 0.25) is 0 Å². The highest BCUT2D eigenvalue weighted by molar-refractivity contribution is 7.99. The molecule has 1 amide bonds. The number of carbonyl (C=O) groups is 1. The van der Waals surface area contributed by atoms with Crippen molar-refractivity contribution in [3.63, 3.8) is 0 Å². The van der Waals surface area contributed by atoms with Gasteiger partial charge in [0.1, 0.15) is 11.5 Å². The first kappa shape index (κ1) is 12.2. The van der Waals surface area contributed by atoms with Gasteiger partial charge >= 0.3 is 0 Å². The normalized spacial score (nSPS) is 16.5. The van der Waals surface area contributed by atoms with Crippen LogP contribution < -0.4 is 10.6 Å². The Labute approximate surface area is 105 Å². The number of rotatable bonds is 3. The standard InChI is InChI=1S/C11H16N4OS/c1-12-10-7-13-9(6-14-10)11(16)15-8-2-4-17-5-3-8/h6-8H,2-5H2,1H3,(H,12,14)(H,15,16). The van der Waals surface area contributed by atoms with Crippen LogP contribution in [-0.4, -0.2) is 40.5 Å². The second-order valence-corrected chi connectivity index (χ2v) is 5.12. The summed E-state index contributed by atoms with van der Waals surface area (Å²) < 4.78 is 0. The summed E-state index contributed by atoms with van der Waals surface area (Å²) in [7, 11) is 1.77. The van der Waals surface area contributed by atoms with Crippen LogP contribution in [0.5, 0.6) is 0 Å². The highest BCUT2D eigenvalue weighted by Crippen LogP contribution is 2.17. The molecule has 5 nitrogen and oxygen atoms in total. The molecular formula is C11H16N4OS. The highest BCUT2D eigenvalue weighted by Gasteiger charge is 2.17. The lowest BCUT2D eigenvalue weighted by molar-refractivity contribution is 0.0929. The zero-order valence-electron chi connectivity index (χ0n) is 9.77. The molecule has 1 aromatic heterocycles. The Morgan fingerprint density at radius 1 is 1.35 bits per heavy atom. The van der Waals surface area contributed by atoms with Crippen LogP contribution in [0.2, 0.25) is 0 Å². The summed E-state index contributed by atoms with van der Waals surface area (Å²) in [5.41, 5.74) is 0.377. The molecule has 1 aliphatic rings. The number of hydrogen-bond acceptors (Lipinski definition) is 5. The summed E-state index contributed by atoms with van der Waals surface area (Å²) in [6, 6.07) is 0.287. The molecule has 0 spiro atoms. The summed E-state index contributed by atoms with van der Waals surface area (Å²) in [6.07, 6.45) is 5.14. The number of hydrogen-bond donors (Lipinski definition) is 2. The van der Waals surface area contributed by atoms with E-state index < -0.39 is 0 Å². The van der Waals surface area contributed by atoms with E-state index >= 15 is 0 Å². The van der Waals surface area contributed by atoms with Gasteiger partial charge in [-0.3, -0.25) is 4.79 Å². The molecule has 0 aliphatic carbocycles. The van der Waals surface area contributed by atoms with Gasteiger partial charge in [-0.15, -0.1) is 0 Å². The van der Waals surface area contributed by atoms with E-state index in [2.05, 4.69) is 20.6 Å². The minimum absolute atomic E-state index is 0.128. The van der Waals surface area contributed by atoms with Gasteiger partial charge < -0.3 is 10.6 Å². The number of anilines is 1. The maximum absolute atomic E-state index is 11.9. The van der Waals surface area contributed by atoms with E-state index in [1.165, 1.54) is 6.20 Å².